The quantitative estimate of drug-likeness (QED) is 0.833. The molecule has 1 aromatic rings. The molecule has 1 aromatic carbocycles. The van der Waals surface area contributed by atoms with Gasteiger partial charge in [-0.15, -0.1) is 0 Å². The van der Waals surface area contributed by atoms with Crippen molar-refractivity contribution in [3.63, 3.8) is 0 Å². The fourth-order valence-electron chi connectivity index (χ4n) is 3.49. The highest BCUT2D eigenvalue weighted by molar-refractivity contribution is 5.92. The molecule has 2 amide bonds. The summed E-state index contributed by atoms with van der Waals surface area (Å²) in [6.45, 7) is 2.87. The first-order valence-electron chi connectivity index (χ1n) is 9.25. The van der Waals surface area contributed by atoms with Crippen molar-refractivity contribution in [1.82, 2.24) is 15.1 Å². The molecule has 5 heteroatoms. The molecule has 1 N–H and O–H groups in total. The van der Waals surface area contributed by atoms with Crippen molar-refractivity contribution in [1.29, 1.82) is 0 Å². The van der Waals surface area contributed by atoms with Gasteiger partial charge in [0.1, 0.15) is 0 Å². The predicted molar refractivity (Wildman–Crippen MR) is 98.9 cm³/mol. The van der Waals surface area contributed by atoms with Gasteiger partial charge in [-0.1, -0.05) is 43.2 Å². The van der Waals surface area contributed by atoms with Gasteiger partial charge in [-0.05, 0) is 24.5 Å². The topological polar surface area (TPSA) is 52.7 Å². The molecule has 0 spiro atoms. The third kappa shape index (κ3) is 5.16. The van der Waals surface area contributed by atoms with Gasteiger partial charge in [0.2, 0.25) is 11.8 Å². The van der Waals surface area contributed by atoms with Crippen molar-refractivity contribution in [2.45, 2.75) is 31.7 Å². The highest BCUT2D eigenvalue weighted by atomic mass is 16.2. The molecule has 5 nitrogen and oxygen atoms in total. The van der Waals surface area contributed by atoms with E-state index in [1.165, 1.54) is 25.7 Å². The molecule has 1 saturated heterocycles. The standard InChI is InChI=1S/C20H27N3O2/c24-19(11-10-17-6-2-1-3-7-17)22-12-14-23(15-13-22)20(25)16-21-18-8-4-5-9-18/h1-3,6-7,10-11,18,21H,4-5,8-9,12-16H2/b11-10+. The summed E-state index contributed by atoms with van der Waals surface area (Å²) in [5.74, 6) is 0.166. The van der Waals surface area contributed by atoms with Gasteiger partial charge in [-0.2, -0.15) is 0 Å². The van der Waals surface area contributed by atoms with E-state index < -0.39 is 0 Å². The Morgan fingerprint density at radius 2 is 1.64 bits per heavy atom. The molecular formula is C20H27N3O2. The number of benzene rings is 1. The molecule has 1 aliphatic heterocycles. The minimum atomic E-state index is 0.0139. The number of hydrogen-bond donors (Lipinski definition) is 1. The number of rotatable bonds is 5. The van der Waals surface area contributed by atoms with Gasteiger partial charge < -0.3 is 15.1 Å². The van der Waals surface area contributed by atoms with E-state index in [-0.39, 0.29) is 11.8 Å². The van der Waals surface area contributed by atoms with E-state index in [0.717, 1.165) is 5.56 Å². The Hall–Kier alpha value is -2.14. The molecule has 3 rings (SSSR count). The SMILES string of the molecule is O=C(/C=C/c1ccccc1)N1CCN(C(=O)CNC2CCCC2)CC1. The lowest BCUT2D eigenvalue weighted by molar-refractivity contribution is -0.136. The number of nitrogens with zero attached hydrogens (tertiary/aromatic N) is 2. The minimum Gasteiger partial charge on any atom is -0.338 e. The number of nitrogens with one attached hydrogen (secondary N) is 1. The van der Waals surface area contributed by atoms with Crippen LogP contribution < -0.4 is 5.32 Å². The van der Waals surface area contributed by atoms with Crippen molar-refractivity contribution in [3.8, 4) is 0 Å². The van der Waals surface area contributed by atoms with Crippen LogP contribution in [0.1, 0.15) is 31.2 Å². The molecule has 2 aliphatic rings. The van der Waals surface area contributed by atoms with Crippen LogP contribution in [0.15, 0.2) is 36.4 Å². The summed E-state index contributed by atoms with van der Waals surface area (Å²) in [5.41, 5.74) is 1.02. The van der Waals surface area contributed by atoms with Crippen molar-refractivity contribution in [2.24, 2.45) is 0 Å². The number of piperazine rings is 1. The van der Waals surface area contributed by atoms with Crippen LogP contribution >= 0.6 is 0 Å². The van der Waals surface area contributed by atoms with Gasteiger partial charge in [0.15, 0.2) is 0 Å². The molecule has 1 heterocycles. The first kappa shape index (κ1) is 17.7. The smallest absolute Gasteiger partial charge is 0.246 e. The van der Waals surface area contributed by atoms with Crippen LogP contribution in [0.25, 0.3) is 6.08 Å². The van der Waals surface area contributed by atoms with E-state index in [2.05, 4.69) is 5.32 Å². The van der Waals surface area contributed by atoms with E-state index >= 15 is 0 Å². The monoisotopic (exact) mass is 341 g/mol. The van der Waals surface area contributed by atoms with E-state index in [1.54, 1.807) is 6.08 Å². The normalized spacial score (nSPS) is 18.9. The lowest BCUT2D eigenvalue weighted by atomic mass is 10.2. The zero-order valence-electron chi connectivity index (χ0n) is 14.7. The molecule has 25 heavy (non-hydrogen) atoms. The number of amides is 2. The summed E-state index contributed by atoms with van der Waals surface area (Å²) < 4.78 is 0. The summed E-state index contributed by atoms with van der Waals surface area (Å²) >= 11 is 0. The van der Waals surface area contributed by atoms with E-state index in [0.29, 0.717) is 38.8 Å². The predicted octanol–water partition coefficient (Wildman–Crippen LogP) is 1.90. The minimum absolute atomic E-state index is 0.0139. The zero-order valence-corrected chi connectivity index (χ0v) is 14.7. The van der Waals surface area contributed by atoms with Crippen LogP contribution in [-0.4, -0.2) is 60.4 Å². The molecule has 2 fully saturated rings. The second-order valence-electron chi connectivity index (χ2n) is 6.81. The van der Waals surface area contributed by atoms with Gasteiger partial charge in [0, 0.05) is 38.3 Å². The first-order chi connectivity index (χ1) is 12.2. The van der Waals surface area contributed by atoms with Crippen molar-refractivity contribution in [3.05, 3.63) is 42.0 Å². The third-order valence-corrected chi connectivity index (χ3v) is 5.06. The lowest BCUT2D eigenvalue weighted by Gasteiger charge is -2.34. The largest absolute Gasteiger partial charge is 0.338 e. The van der Waals surface area contributed by atoms with Crippen molar-refractivity contribution < 1.29 is 9.59 Å². The summed E-state index contributed by atoms with van der Waals surface area (Å²) in [5, 5.41) is 3.37. The molecule has 0 radical (unpaired) electrons. The number of hydrogen-bond acceptors (Lipinski definition) is 3. The summed E-state index contributed by atoms with van der Waals surface area (Å²) in [6.07, 6.45) is 8.36. The van der Waals surface area contributed by atoms with E-state index in [1.807, 2.05) is 46.2 Å². The van der Waals surface area contributed by atoms with Gasteiger partial charge in [0.05, 0.1) is 6.54 Å². The second kappa shape index (κ2) is 8.81. The molecule has 0 atom stereocenters. The summed E-state index contributed by atoms with van der Waals surface area (Å²) in [4.78, 5) is 28.2. The molecule has 134 valence electrons. The number of carbonyl (C=O) groups excluding carboxylic acids is 2. The van der Waals surface area contributed by atoms with Gasteiger partial charge in [-0.25, -0.2) is 0 Å². The fraction of sp³-hybridized carbons (Fsp3) is 0.500. The van der Waals surface area contributed by atoms with Crippen LogP contribution in [0.2, 0.25) is 0 Å². The van der Waals surface area contributed by atoms with Crippen molar-refractivity contribution in [2.75, 3.05) is 32.7 Å². The highest BCUT2D eigenvalue weighted by Gasteiger charge is 2.23. The number of carbonyl (C=O) groups is 2. The van der Waals surface area contributed by atoms with Gasteiger partial charge >= 0.3 is 0 Å². The zero-order chi connectivity index (χ0) is 17.5. The van der Waals surface area contributed by atoms with Crippen LogP contribution in [-0.2, 0) is 9.59 Å². The second-order valence-corrected chi connectivity index (χ2v) is 6.81. The Balaban J connectivity index is 1.40. The third-order valence-electron chi connectivity index (χ3n) is 5.06. The molecular weight excluding hydrogens is 314 g/mol. The maximum absolute atomic E-state index is 12.3. The Kier molecular flexibility index (Phi) is 6.23. The van der Waals surface area contributed by atoms with Crippen LogP contribution in [0.5, 0.6) is 0 Å². The van der Waals surface area contributed by atoms with Crippen LogP contribution in [0.3, 0.4) is 0 Å². The van der Waals surface area contributed by atoms with Crippen LogP contribution in [0.4, 0.5) is 0 Å². The molecule has 1 aliphatic carbocycles. The summed E-state index contributed by atoms with van der Waals surface area (Å²) in [6, 6.07) is 10.3. The Morgan fingerprint density at radius 1 is 1.00 bits per heavy atom. The summed E-state index contributed by atoms with van der Waals surface area (Å²) in [7, 11) is 0. The fourth-order valence-corrected chi connectivity index (χ4v) is 3.49. The molecule has 1 saturated carbocycles. The van der Waals surface area contributed by atoms with Gasteiger partial charge in [-0.3, -0.25) is 9.59 Å². The Bertz CT molecular complexity index is 601. The van der Waals surface area contributed by atoms with E-state index in [9.17, 15) is 9.59 Å². The molecule has 0 unspecified atom stereocenters. The lowest BCUT2D eigenvalue weighted by Crippen LogP contribution is -2.52. The average Bonchev–Trinajstić information content (AvgIpc) is 3.19. The maximum atomic E-state index is 12.3. The van der Waals surface area contributed by atoms with Crippen molar-refractivity contribution >= 4 is 17.9 Å². The average molecular weight is 341 g/mol. The maximum Gasteiger partial charge on any atom is 0.246 e. The Labute approximate surface area is 149 Å². The molecule has 0 bridgehead atoms. The highest BCUT2D eigenvalue weighted by Crippen LogP contribution is 2.17. The van der Waals surface area contributed by atoms with Crippen LogP contribution in [0, 0.1) is 0 Å². The first-order valence-corrected chi connectivity index (χ1v) is 9.25. The Morgan fingerprint density at radius 3 is 2.32 bits per heavy atom. The van der Waals surface area contributed by atoms with E-state index in [4.69, 9.17) is 0 Å². The van der Waals surface area contributed by atoms with Gasteiger partial charge in [0.25, 0.3) is 0 Å². The molecule has 0 aromatic heterocycles.